The highest BCUT2D eigenvalue weighted by molar-refractivity contribution is 6.36. The predicted octanol–water partition coefficient (Wildman–Crippen LogP) is 5.21. The van der Waals surface area contributed by atoms with Gasteiger partial charge in [0, 0.05) is 24.9 Å². The summed E-state index contributed by atoms with van der Waals surface area (Å²) in [4.78, 5) is 41.9. The van der Waals surface area contributed by atoms with Crippen LogP contribution >= 0.6 is 11.6 Å². The Morgan fingerprint density at radius 3 is 2.64 bits per heavy atom. The maximum atomic E-state index is 14.0. The van der Waals surface area contributed by atoms with E-state index in [0.717, 1.165) is 19.3 Å². The molecular formula is C28H29ClFN3O3. The Labute approximate surface area is 214 Å². The number of fused-ring (bicyclic) bond motifs is 1. The van der Waals surface area contributed by atoms with Crippen molar-refractivity contribution in [3.63, 3.8) is 0 Å². The van der Waals surface area contributed by atoms with Gasteiger partial charge < -0.3 is 14.8 Å². The largest absolute Gasteiger partial charge is 0.345 e. The second kappa shape index (κ2) is 10.1. The minimum absolute atomic E-state index is 0.0127. The smallest absolute Gasteiger partial charge is 0.260 e. The Morgan fingerprint density at radius 2 is 1.97 bits per heavy atom. The molecule has 2 amide bonds. The molecular weight excluding hydrogens is 481 g/mol. The van der Waals surface area contributed by atoms with Crippen LogP contribution in [0.15, 0.2) is 47.3 Å². The molecule has 1 aliphatic carbocycles. The van der Waals surface area contributed by atoms with Crippen LogP contribution in [0.25, 0.3) is 10.8 Å². The van der Waals surface area contributed by atoms with Crippen molar-refractivity contribution in [3.05, 3.63) is 80.5 Å². The lowest BCUT2D eigenvalue weighted by atomic mass is 9.98. The number of amides is 2. The fourth-order valence-corrected chi connectivity index (χ4v) is 5.50. The summed E-state index contributed by atoms with van der Waals surface area (Å²) in [5.74, 6) is -0.473. The number of likely N-dealkylation sites (tertiary alicyclic amines) is 1. The second-order valence-corrected chi connectivity index (χ2v) is 10.1. The van der Waals surface area contributed by atoms with E-state index in [1.165, 1.54) is 12.1 Å². The number of carbonyl (C=O) groups is 2. The van der Waals surface area contributed by atoms with Gasteiger partial charge in [0.25, 0.3) is 11.5 Å². The Hall–Kier alpha value is -3.19. The van der Waals surface area contributed by atoms with Gasteiger partial charge in [0.2, 0.25) is 5.91 Å². The number of nitrogens with one attached hydrogen (secondary N) is 1. The first-order valence-corrected chi connectivity index (χ1v) is 12.9. The molecule has 2 aromatic carbocycles. The standard InChI is InChI=1S/C28H29ClFN3O3/c1-2-13-33-22(16-32-14-5-10-23(32)34)25(20-8-4-9-21(29)24(20)28(33)36)27(35)31-26(17-11-12-17)18-6-3-7-19(30)15-18/h3-4,6-9,15,17,26H,2,5,10-14,16H2,1H3,(H,31,35). The molecule has 1 saturated heterocycles. The van der Waals surface area contributed by atoms with Crippen molar-refractivity contribution >= 4 is 34.2 Å². The van der Waals surface area contributed by atoms with Gasteiger partial charge in [0.15, 0.2) is 0 Å². The zero-order valence-electron chi connectivity index (χ0n) is 20.2. The van der Waals surface area contributed by atoms with Gasteiger partial charge in [-0.05, 0) is 55.4 Å². The van der Waals surface area contributed by atoms with E-state index in [0.29, 0.717) is 53.5 Å². The van der Waals surface area contributed by atoms with E-state index >= 15 is 0 Å². The predicted molar refractivity (Wildman–Crippen MR) is 137 cm³/mol. The molecule has 2 aliphatic rings. The third-order valence-electron chi connectivity index (χ3n) is 7.13. The van der Waals surface area contributed by atoms with E-state index in [9.17, 15) is 18.8 Å². The average molecular weight is 510 g/mol. The first kappa shape index (κ1) is 24.5. The van der Waals surface area contributed by atoms with E-state index in [1.807, 2.05) is 13.0 Å². The summed E-state index contributed by atoms with van der Waals surface area (Å²) in [5.41, 5.74) is 1.31. The van der Waals surface area contributed by atoms with Crippen LogP contribution in [0.2, 0.25) is 5.02 Å². The minimum atomic E-state index is -0.352. The van der Waals surface area contributed by atoms with Crippen LogP contribution in [0.5, 0.6) is 0 Å². The molecule has 0 spiro atoms. The van der Waals surface area contributed by atoms with Crippen molar-refractivity contribution in [1.29, 1.82) is 0 Å². The first-order valence-electron chi connectivity index (χ1n) is 12.6. The molecule has 1 aliphatic heterocycles. The first-order chi connectivity index (χ1) is 17.4. The molecule has 0 bridgehead atoms. The van der Waals surface area contributed by atoms with E-state index < -0.39 is 0 Å². The fourth-order valence-electron chi connectivity index (χ4n) is 5.24. The Kier molecular flexibility index (Phi) is 6.84. The van der Waals surface area contributed by atoms with E-state index in [-0.39, 0.29) is 46.7 Å². The van der Waals surface area contributed by atoms with Gasteiger partial charge in [0.1, 0.15) is 5.82 Å². The molecule has 2 heterocycles. The number of benzene rings is 2. The number of aromatic nitrogens is 1. The zero-order valence-corrected chi connectivity index (χ0v) is 21.0. The quantitative estimate of drug-likeness (QED) is 0.453. The summed E-state index contributed by atoms with van der Waals surface area (Å²) < 4.78 is 15.6. The lowest BCUT2D eigenvalue weighted by Gasteiger charge is -2.25. The topological polar surface area (TPSA) is 71.4 Å². The van der Waals surface area contributed by atoms with Crippen molar-refractivity contribution in [1.82, 2.24) is 14.8 Å². The number of halogens is 2. The molecule has 5 rings (SSSR count). The molecule has 8 heteroatoms. The number of hydrogen-bond acceptors (Lipinski definition) is 3. The van der Waals surface area contributed by atoms with Gasteiger partial charge in [-0.3, -0.25) is 14.4 Å². The molecule has 1 N–H and O–H groups in total. The molecule has 36 heavy (non-hydrogen) atoms. The van der Waals surface area contributed by atoms with Gasteiger partial charge in [-0.2, -0.15) is 0 Å². The highest BCUT2D eigenvalue weighted by Crippen LogP contribution is 2.41. The maximum Gasteiger partial charge on any atom is 0.260 e. The summed E-state index contributed by atoms with van der Waals surface area (Å²) >= 11 is 6.49. The molecule has 1 atom stereocenters. The number of rotatable bonds is 8. The second-order valence-electron chi connectivity index (χ2n) is 9.70. The van der Waals surface area contributed by atoms with Crippen molar-refractivity contribution in [3.8, 4) is 0 Å². The van der Waals surface area contributed by atoms with Crippen LogP contribution in [0.4, 0.5) is 4.39 Å². The Morgan fingerprint density at radius 1 is 1.19 bits per heavy atom. The summed E-state index contributed by atoms with van der Waals surface area (Å²) in [7, 11) is 0. The van der Waals surface area contributed by atoms with Crippen molar-refractivity contribution < 1.29 is 14.0 Å². The van der Waals surface area contributed by atoms with Crippen molar-refractivity contribution in [2.75, 3.05) is 6.54 Å². The van der Waals surface area contributed by atoms with Gasteiger partial charge in [0.05, 0.1) is 34.3 Å². The van der Waals surface area contributed by atoms with Crippen molar-refractivity contribution in [2.24, 2.45) is 5.92 Å². The molecule has 1 unspecified atom stereocenters. The number of carbonyl (C=O) groups excluding carboxylic acids is 2. The van der Waals surface area contributed by atoms with Crippen LogP contribution in [-0.2, 0) is 17.9 Å². The highest BCUT2D eigenvalue weighted by Gasteiger charge is 2.35. The van der Waals surface area contributed by atoms with E-state index in [1.54, 1.807) is 33.7 Å². The SMILES string of the molecule is CCCn1c(CN2CCCC2=O)c(C(=O)NC(c2cccc(F)c2)C2CC2)c2cccc(Cl)c2c1=O. The summed E-state index contributed by atoms with van der Waals surface area (Å²) in [5, 5.41) is 4.19. The third kappa shape index (κ3) is 4.64. The lowest BCUT2D eigenvalue weighted by molar-refractivity contribution is -0.128. The molecule has 1 aromatic heterocycles. The van der Waals surface area contributed by atoms with Gasteiger partial charge in [-0.15, -0.1) is 0 Å². The average Bonchev–Trinajstić information content (AvgIpc) is 3.61. The van der Waals surface area contributed by atoms with Crippen LogP contribution in [0.1, 0.15) is 66.7 Å². The maximum absolute atomic E-state index is 14.0. The monoisotopic (exact) mass is 509 g/mol. The Bertz CT molecular complexity index is 1400. The number of nitrogens with zero attached hydrogens (tertiary/aromatic N) is 2. The van der Waals surface area contributed by atoms with Crippen LogP contribution < -0.4 is 10.9 Å². The lowest BCUT2D eigenvalue weighted by Crippen LogP contribution is -2.37. The molecule has 188 valence electrons. The van der Waals surface area contributed by atoms with Gasteiger partial charge in [-0.1, -0.05) is 42.8 Å². The number of hydrogen-bond donors (Lipinski definition) is 1. The minimum Gasteiger partial charge on any atom is -0.345 e. The van der Waals surface area contributed by atoms with Gasteiger partial charge in [-0.25, -0.2) is 4.39 Å². The van der Waals surface area contributed by atoms with Crippen LogP contribution in [-0.4, -0.2) is 27.8 Å². The van der Waals surface area contributed by atoms with Crippen LogP contribution in [0, 0.1) is 11.7 Å². The van der Waals surface area contributed by atoms with Crippen molar-refractivity contribution in [2.45, 2.75) is 58.2 Å². The number of pyridine rings is 1. The highest BCUT2D eigenvalue weighted by atomic mass is 35.5. The van der Waals surface area contributed by atoms with Crippen LogP contribution in [0.3, 0.4) is 0 Å². The summed E-state index contributed by atoms with van der Waals surface area (Å²) in [6, 6.07) is 11.1. The van der Waals surface area contributed by atoms with E-state index in [2.05, 4.69) is 5.32 Å². The zero-order chi connectivity index (χ0) is 25.4. The summed E-state index contributed by atoms with van der Waals surface area (Å²) in [6.45, 7) is 3.11. The normalized spacial score (nSPS) is 16.5. The summed E-state index contributed by atoms with van der Waals surface area (Å²) in [6.07, 6.45) is 3.77. The molecule has 3 aromatic rings. The molecule has 6 nitrogen and oxygen atoms in total. The van der Waals surface area contributed by atoms with E-state index in [4.69, 9.17) is 11.6 Å². The molecule has 1 saturated carbocycles. The Balaban J connectivity index is 1.67. The third-order valence-corrected chi connectivity index (χ3v) is 7.45. The molecule has 2 fully saturated rings. The molecule has 0 radical (unpaired) electrons. The van der Waals surface area contributed by atoms with Gasteiger partial charge >= 0.3 is 0 Å². The fraction of sp³-hybridized carbons (Fsp3) is 0.393.